The third-order valence-corrected chi connectivity index (χ3v) is 10.1. The second-order valence-electron chi connectivity index (χ2n) is 16.1. The first kappa shape index (κ1) is 64.5. The summed E-state index contributed by atoms with van der Waals surface area (Å²) in [5.74, 6) is -2.13. The van der Waals surface area contributed by atoms with Crippen LogP contribution in [0, 0.1) is 0 Å². The SMILES string of the molecule is O=C(CCOCC(COCCC(=O)NCCOCCOCCOCCOC[C@H]1OC[C@H](Nc2nccc(C(F)(F)F)n2)[C@@H](O)[C@H]1O)NC(=O)COCC(=O)OCc1ccccc1)NCCOCCOCCOCCO. The summed E-state index contributed by atoms with van der Waals surface area (Å²) in [5.41, 5.74) is -0.356. The molecule has 5 atom stereocenters. The molecule has 75 heavy (non-hydrogen) atoms. The Morgan fingerprint density at radius 2 is 1.20 bits per heavy atom. The summed E-state index contributed by atoms with van der Waals surface area (Å²) in [5, 5.41) is 40.3. The van der Waals surface area contributed by atoms with E-state index in [0.29, 0.717) is 32.5 Å². The molecule has 1 saturated heterocycles. The third kappa shape index (κ3) is 31.8. The number of rotatable bonds is 44. The topological polar surface area (TPSA) is 314 Å². The molecule has 3 rings (SSSR count). The van der Waals surface area contributed by atoms with Crippen molar-refractivity contribution in [2.75, 3.05) is 164 Å². The number of hydrogen-bond donors (Lipinski definition) is 7. The number of esters is 1. The van der Waals surface area contributed by atoms with Gasteiger partial charge in [-0.25, -0.2) is 14.8 Å². The molecule has 1 aromatic heterocycles. The molecule has 0 aliphatic carbocycles. The summed E-state index contributed by atoms with van der Waals surface area (Å²) >= 11 is 0. The van der Waals surface area contributed by atoms with Gasteiger partial charge in [0, 0.05) is 32.1 Å². The lowest BCUT2D eigenvalue weighted by atomic mass is 9.98. The Balaban J connectivity index is 1.19. The van der Waals surface area contributed by atoms with Crippen LogP contribution in [0.4, 0.5) is 19.1 Å². The molecule has 0 spiro atoms. The number of aromatic nitrogens is 2. The van der Waals surface area contributed by atoms with Crippen LogP contribution in [0.2, 0.25) is 0 Å². The number of nitrogens with zero attached hydrogens (tertiary/aromatic N) is 2. The lowest BCUT2D eigenvalue weighted by Crippen LogP contribution is -2.57. The molecule has 1 aliphatic heterocycles. The molecular weight excluding hydrogens is 1010 g/mol. The Labute approximate surface area is 433 Å². The number of ether oxygens (including phenoxy) is 12. The average molecular weight is 1080 g/mol. The maximum Gasteiger partial charge on any atom is 0.433 e. The molecule has 25 nitrogen and oxygen atoms in total. The second-order valence-corrected chi connectivity index (χ2v) is 16.1. The number of aliphatic hydroxyl groups excluding tert-OH is 3. The van der Waals surface area contributed by atoms with Crippen molar-refractivity contribution in [3.05, 3.63) is 53.9 Å². The fourth-order valence-corrected chi connectivity index (χ4v) is 6.26. The van der Waals surface area contributed by atoms with Crippen molar-refractivity contribution >= 4 is 29.6 Å². The standard InChI is InChI=1S/C47H73F3N6O19/c48-47(49,50)39-6-9-53-46(56-39)55-37-31-74-38(45(63)44(37)62)32-72-27-26-69-25-24-68-22-19-65-16-11-52-41(59)8-14-71-30-36(54-42(60)33-73-34-43(61)75-28-35-4-2-1-3-5-35)29-70-13-7-40(58)51-10-15-64-18-21-67-23-20-66-17-12-57/h1-6,9,36-38,44-45,57,62-63H,7-8,10-34H2,(H,51,58)(H,52,59)(H,54,60)(H,53,55,56)/t36?,37-,38+,44+,45-/m0/s1. The Morgan fingerprint density at radius 3 is 1.76 bits per heavy atom. The average Bonchev–Trinajstić information content (AvgIpc) is 3.39. The first-order chi connectivity index (χ1) is 36.3. The molecule has 426 valence electrons. The predicted molar refractivity (Wildman–Crippen MR) is 255 cm³/mol. The normalized spacial score (nSPS) is 17.0. The van der Waals surface area contributed by atoms with Gasteiger partial charge >= 0.3 is 12.1 Å². The molecule has 28 heteroatoms. The minimum absolute atomic E-state index is 0.0179. The highest BCUT2D eigenvalue weighted by atomic mass is 19.4. The summed E-state index contributed by atoms with van der Waals surface area (Å²) in [6, 6.07) is 8.14. The summed E-state index contributed by atoms with van der Waals surface area (Å²) in [7, 11) is 0. The van der Waals surface area contributed by atoms with Crippen molar-refractivity contribution in [1.29, 1.82) is 0 Å². The van der Waals surface area contributed by atoms with Gasteiger partial charge in [0.1, 0.15) is 43.8 Å². The van der Waals surface area contributed by atoms with E-state index < -0.39 is 67.4 Å². The van der Waals surface area contributed by atoms with Crippen LogP contribution >= 0.6 is 0 Å². The summed E-state index contributed by atoms with van der Waals surface area (Å²) < 4.78 is 104. The van der Waals surface area contributed by atoms with Crippen LogP contribution in [0.5, 0.6) is 0 Å². The first-order valence-corrected chi connectivity index (χ1v) is 24.4. The zero-order valence-electron chi connectivity index (χ0n) is 41.9. The van der Waals surface area contributed by atoms with Crippen LogP contribution in [0.3, 0.4) is 0 Å². The van der Waals surface area contributed by atoms with Crippen LogP contribution < -0.4 is 21.3 Å². The Hall–Kier alpha value is -4.79. The maximum absolute atomic E-state index is 13.0. The zero-order chi connectivity index (χ0) is 54.2. The molecule has 2 aromatic rings. The fourth-order valence-electron chi connectivity index (χ4n) is 6.26. The highest BCUT2D eigenvalue weighted by Crippen LogP contribution is 2.28. The fraction of sp³-hybridized carbons (Fsp3) is 0.702. The minimum Gasteiger partial charge on any atom is -0.459 e. The van der Waals surface area contributed by atoms with Crippen molar-refractivity contribution in [3.8, 4) is 0 Å². The molecular formula is C47H73F3N6O19. The Bertz CT molecular complexity index is 1840. The number of hydrogen-bond acceptors (Lipinski definition) is 22. The number of halogens is 3. The van der Waals surface area contributed by atoms with Crippen LogP contribution in [-0.4, -0.2) is 238 Å². The number of aliphatic hydroxyl groups is 3. The van der Waals surface area contributed by atoms with E-state index in [1.54, 1.807) is 12.1 Å². The van der Waals surface area contributed by atoms with E-state index in [1.807, 2.05) is 18.2 Å². The van der Waals surface area contributed by atoms with Gasteiger partial charge in [-0.2, -0.15) is 13.2 Å². The number of benzene rings is 1. The predicted octanol–water partition coefficient (Wildman–Crippen LogP) is -1.20. The number of alkyl halides is 3. The zero-order valence-corrected chi connectivity index (χ0v) is 41.9. The largest absolute Gasteiger partial charge is 0.459 e. The van der Waals surface area contributed by atoms with Crippen molar-refractivity contribution in [2.24, 2.45) is 0 Å². The number of carbonyl (C=O) groups excluding carboxylic acids is 4. The van der Waals surface area contributed by atoms with Gasteiger partial charge in [0.15, 0.2) is 0 Å². The molecule has 2 heterocycles. The van der Waals surface area contributed by atoms with Crippen molar-refractivity contribution in [3.63, 3.8) is 0 Å². The first-order valence-electron chi connectivity index (χ1n) is 24.4. The van der Waals surface area contributed by atoms with Crippen molar-refractivity contribution < 1.29 is 105 Å². The van der Waals surface area contributed by atoms with Crippen LogP contribution in [0.15, 0.2) is 42.6 Å². The van der Waals surface area contributed by atoms with E-state index >= 15 is 0 Å². The Kier molecular flexibility index (Phi) is 34.8. The van der Waals surface area contributed by atoms with Gasteiger partial charge in [-0.05, 0) is 11.6 Å². The molecule has 7 N–H and O–H groups in total. The number of amides is 3. The van der Waals surface area contributed by atoms with E-state index in [0.717, 1.165) is 11.8 Å². The number of nitrogens with one attached hydrogen (secondary N) is 4. The van der Waals surface area contributed by atoms with E-state index in [2.05, 4.69) is 31.2 Å². The highest BCUT2D eigenvalue weighted by Gasteiger charge is 2.39. The van der Waals surface area contributed by atoms with Gasteiger partial charge in [-0.3, -0.25) is 14.4 Å². The van der Waals surface area contributed by atoms with Crippen LogP contribution in [0.1, 0.15) is 24.1 Å². The van der Waals surface area contributed by atoms with Gasteiger partial charge < -0.3 is 93.4 Å². The van der Waals surface area contributed by atoms with Crippen molar-refractivity contribution in [2.45, 2.75) is 56.0 Å². The molecule has 1 unspecified atom stereocenters. The minimum atomic E-state index is -4.67. The molecule has 3 amide bonds. The molecule has 0 bridgehead atoms. The van der Waals surface area contributed by atoms with Crippen LogP contribution in [-0.2, 0) is 88.8 Å². The van der Waals surface area contributed by atoms with E-state index in [-0.39, 0.29) is 156 Å². The highest BCUT2D eigenvalue weighted by molar-refractivity contribution is 5.78. The van der Waals surface area contributed by atoms with Gasteiger partial charge in [0.05, 0.1) is 144 Å². The maximum atomic E-state index is 13.0. The monoisotopic (exact) mass is 1080 g/mol. The molecule has 1 aliphatic rings. The van der Waals surface area contributed by atoms with Crippen molar-refractivity contribution in [1.82, 2.24) is 25.9 Å². The number of anilines is 1. The summed E-state index contributed by atoms with van der Waals surface area (Å²) in [6.45, 7) is 3.06. The second kappa shape index (κ2) is 40.5. The van der Waals surface area contributed by atoms with Gasteiger partial charge in [-0.15, -0.1) is 0 Å². The quantitative estimate of drug-likeness (QED) is 0.0303. The molecule has 0 saturated carbocycles. The Morgan fingerprint density at radius 1 is 0.653 bits per heavy atom. The van der Waals surface area contributed by atoms with Crippen LogP contribution in [0.25, 0.3) is 0 Å². The van der Waals surface area contributed by atoms with E-state index in [4.69, 9.17) is 61.9 Å². The third-order valence-electron chi connectivity index (χ3n) is 10.1. The molecule has 1 aromatic carbocycles. The summed E-state index contributed by atoms with van der Waals surface area (Å²) in [6.07, 6.45) is -7.36. The number of carbonyl (C=O) groups is 4. The lowest BCUT2D eigenvalue weighted by Gasteiger charge is -2.37. The summed E-state index contributed by atoms with van der Waals surface area (Å²) in [4.78, 5) is 56.5. The smallest absolute Gasteiger partial charge is 0.433 e. The van der Waals surface area contributed by atoms with E-state index in [9.17, 15) is 42.6 Å². The van der Waals surface area contributed by atoms with E-state index in [1.165, 1.54) is 0 Å². The lowest BCUT2D eigenvalue weighted by molar-refractivity contribution is -0.161. The molecule has 0 radical (unpaired) electrons. The van der Waals surface area contributed by atoms with Gasteiger partial charge in [-0.1, -0.05) is 30.3 Å². The molecule has 1 fully saturated rings. The van der Waals surface area contributed by atoms with Gasteiger partial charge in [0.25, 0.3) is 0 Å². The van der Waals surface area contributed by atoms with Gasteiger partial charge in [0.2, 0.25) is 23.7 Å².